The molecular formula is C14H19F3N2O. The fraction of sp³-hybridized carbons (Fsp3) is 0.571. The van der Waals surface area contributed by atoms with Crippen molar-refractivity contribution in [2.75, 3.05) is 24.6 Å². The first-order valence-electron chi connectivity index (χ1n) is 6.66. The molecule has 1 heterocycles. The topological polar surface area (TPSA) is 38.5 Å². The lowest BCUT2D eigenvalue weighted by atomic mass is 10.0. The number of halogens is 3. The third-order valence-electron chi connectivity index (χ3n) is 3.45. The summed E-state index contributed by atoms with van der Waals surface area (Å²) in [6.45, 7) is 2.38. The molecule has 2 rings (SSSR count). The number of hydrogen-bond acceptors (Lipinski definition) is 3. The highest BCUT2D eigenvalue weighted by molar-refractivity contribution is 5.56. The van der Waals surface area contributed by atoms with Gasteiger partial charge in [0.05, 0.1) is 0 Å². The fourth-order valence-corrected chi connectivity index (χ4v) is 2.38. The highest BCUT2D eigenvalue weighted by Crippen LogP contribution is 2.28. The number of nitrogens with zero attached hydrogens (tertiary/aromatic N) is 1. The van der Waals surface area contributed by atoms with Crippen LogP contribution < -0.4 is 15.4 Å². The van der Waals surface area contributed by atoms with Crippen molar-refractivity contribution >= 4 is 5.69 Å². The van der Waals surface area contributed by atoms with Crippen molar-refractivity contribution in [3.05, 3.63) is 23.8 Å². The van der Waals surface area contributed by atoms with Crippen molar-refractivity contribution in [2.24, 2.45) is 5.73 Å². The Balaban J connectivity index is 2.02. The van der Waals surface area contributed by atoms with Gasteiger partial charge in [-0.3, -0.25) is 0 Å². The van der Waals surface area contributed by atoms with Gasteiger partial charge in [-0.05, 0) is 43.5 Å². The summed E-state index contributed by atoms with van der Waals surface area (Å²) in [7, 11) is 0. The average molecular weight is 288 g/mol. The number of ether oxygens (including phenoxy) is 1. The number of aryl methyl sites for hydroxylation is 1. The molecule has 112 valence electrons. The molecule has 2 N–H and O–H groups in total. The molecule has 1 aliphatic rings. The van der Waals surface area contributed by atoms with Crippen molar-refractivity contribution in [3.63, 3.8) is 0 Å². The van der Waals surface area contributed by atoms with Crippen LogP contribution in [0.3, 0.4) is 0 Å². The van der Waals surface area contributed by atoms with E-state index >= 15 is 0 Å². The van der Waals surface area contributed by atoms with Gasteiger partial charge >= 0.3 is 6.18 Å². The summed E-state index contributed by atoms with van der Waals surface area (Å²) in [6, 6.07) is 5.30. The van der Waals surface area contributed by atoms with Gasteiger partial charge in [-0.15, -0.1) is 0 Å². The van der Waals surface area contributed by atoms with Crippen LogP contribution in [-0.4, -0.2) is 31.9 Å². The summed E-state index contributed by atoms with van der Waals surface area (Å²) in [6.07, 6.45) is -2.44. The molecule has 1 saturated heterocycles. The van der Waals surface area contributed by atoms with Crippen LogP contribution in [-0.2, 0) is 0 Å². The summed E-state index contributed by atoms with van der Waals surface area (Å²) < 4.78 is 41.1. The Morgan fingerprint density at radius 1 is 1.30 bits per heavy atom. The Bertz CT molecular complexity index is 454. The Kier molecular flexibility index (Phi) is 4.42. The predicted molar refractivity (Wildman–Crippen MR) is 72.2 cm³/mol. The van der Waals surface area contributed by atoms with Crippen LogP contribution in [0.15, 0.2) is 18.2 Å². The van der Waals surface area contributed by atoms with Crippen LogP contribution in [0.5, 0.6) is 5.75 Å². The van der Waals surface area contributed by atoms with Crippen molar-refractivity contribution in [1.82, 2.24) is 0 Å². The van der Waals surface area contributed by atoms with E-state index in [-0.39, 0.29) is 11.8 Å². The van der Waals surface area contributed by atoms with E-state index in [0.717, 1.165) is 37.2 Å². The molecule has 3 nitrogen and oxygen atoms in total. The number of alkyl halides is 3. The lowest BCUT2D eigenvalue weighted by Gasteiger charge is -2.33. The minimum Gasteiger partial charge on any atom is -0.484 e. The molecular weight excluding hydrogens is 269 g/mol. The Morgan fingerprint density at radius 2 is 1.95 bits per heavy atom. The SMILES string of the molecule is Cc1cc(OCC(F)(F)F)ccc1N1CCC(N)CC1. The highest BCUT2D eigenvalue weighted by Gasteiger charge is 2.28. The lowest BCUT2D eigenvalue weighted by molar-refractivity contribution is -0.153. The molecule has 1 fully saturated rings. The van der Waals surface area contributed by atoms with Gasteiger partial charge in [-0.2, -0.15) is 13.2 Å². The zero-order valence-electron chi connectivity index (χ0n) is 11.4. The van der Waals surface area contributed by atoms with E-state index in [4.69, 9.17) is 10.5 Å². The van der Waals surface area contributed by atoms with Crippen molar-refractivity contribution < 1.29 is 17.9 Å². The summed E-state index contributed by atoms with van der Waals surface area (Å²) in [4.78, 5) is 2.21. The van der Waals surface area contributed by atoms with Crippen LogP contribution in [0.4, 0.5) is 18.9 Å². The van der Waals surface area contributed by atoms with E-state index in [1.807, 2.05) is 13.0 Å². The molecule has 6 heteroatoms. The summed E-state index contributed by atoms with van der Waals surface area (Å²) in [5, 5.41) is 0. The normalized spacial score (nSPS) is 17.4. The molecule has 0 amide bonds. The molecule has 1 aromatic rings. The van der Waals surface area contributed by atoms with Gasteiger partial charge in [0.25, 0.3) is 0 Å². The summed E-state index contributed by atoms with van der Waals surface area (Å²) in [5.74, 6) is 0.247. The molecule has 0 aromatic heterocycles. The van der Waals surface area contributed by atoms with Gasteiger partial charge in [-0.25, -0.2) is 0 Å². The van der Waals surface area contributed by atoms with Crippen molar-refractivity contribution in [2.45, 2.75) is 32.0 Å². The monoisotopic (exact) mass is 288 g/mol. The smallest absolute Gasteiger partial charge is 0.422 e. The largest absolute Gasteiger partial charge is 0.484 e. The second-order valence-corrected chi connectivity index (χ2v) is 5.18. The van der Waals surface area contributed by atoms with E-state index in [0.29, 0.717) is 0 Å². The zero-order chi connectivity index (χ0) is 14.8. The van der Waals surface area contributed by atoms with Crippen LogP contribution >= 0.6 is 0 Å². The molecule has 0 aliphatic carbocycles. The Hall–Kier alpha value is -1.43. The van der Waals surface area contributed by atoms with E-state index in [2.05, 4.69) is 4.90 Å². The van der Waals surface area contributed by atoms with Gasteiger partial charge in [0.15, 0.2) is 6.61 Å². The number of rotatable bonds is 3. The van der Waals surface area contributed by atoms with Gasteiger partial charge in [0.2, 0.25) is 0 Å². The van der Waals surface area contributed by atoms with Crippen molar-refractivity contribution in [3.8, 4) is 5.75 Å². The molecule has 0 radical (unpaired) electrons. The molecule has 20 heavy (non-hydrogen) atoms. The van der Waals surface area contributed by atoms with E-state index in [1.165, 1.54) is 0 Å². The molecule has 0 unspecified atom stereocenters. The van der Waals surface area contributed by atoms with Crippen LogP contribution in [0, 0.1) is 6.92 Å². The minimum absolute atomic E-state index is 0.247. The first-order valence-corrected chi connectivity index (χ1v) is 6.66. The fourth-order valence-electron chi connectivity index (χ4n) is 2.38. The molecule has 1 aromatic carbocycles. The number of hydrogen-bond donors (Lipinski definition) is 1. The first-order chi connectivity index (χ1) is 9.35. The quantitative estimate of drug-likeness (QED) is 0.929. The number of anilines is 1. The lowest BCUT2D eigenvalue weighted by Crippen LogP contribution is -2.39. The van der Waals surface area contributed by atoms with E-state index in [9.17, 15) is 13.2 Å². The zero-order valence-corrected chi connectivity index (χ0v) is 11.4. The Labute approximate surface area is 116 Å². The second kappa shape index (κ2) is 5.91. The molecule has 0 bridgehead atoms. The third-order valence-corrected chi connectivity index (χ3v) is 3.45. The molecule has 0 atom stereocenters. The number of piperidine rings is 1. The summed E-state index contributed by atoms with van der Waals surface area (Å²) >= 11 is 0. The predicted octanol–water partition coefficient (Wildman–Crippen LogP) is 2.86. The summed E-state index contributed by atoms with van der Waals surface area (Å²) in [5.41, 5.74) is 7.82. The number of nitrogens with two attached hydrogens (primary N) is 1. The first kappa shape index (κ1) is 15.0. The Morgan fingerprint density at radius 3 is 2.50 bits per heavy atom. The van der Waals surface area contributed by atoms with E-state index in [1.54, 1.807) is 12.1 Å². The molecule has 0 spiro atoms. The maximum atomic E-state index is 12.1. The van der Waals surface area contributed by atoms with Gasteiger partial charge in [0.1, 0.15) is 5.75 Å². The van der Waals surface area contributed by atoms with E-state index < -0.39 is 12.8 Å². The van der Waals surface area contributed by atoms with Gasteiger partial charge in [0, 0.05) is 24.8 Å². The minimum atomic E-state index is -4.31. The van der Waals surface area contributed by atoms with Gasteiger partial charge < -0.3 is 15.4 Å². The molecule has 0 saturated carbocycles. The molecule has 1 aliphatic heterocycles. The van der Waals surface area contributed by atoms with Gasteiger partial charge in [-0.1, -0.05) is 0 Å². The average Bonchev–Trinajstić information content (AvgIpc) is 2.37. The van der Waals surface area contributed by atoms with Crippen LogP contribution in [0.25, 0.3) is 0 Å². The maximum absolute atomic E-state index is 12.1. The number of benzene rings is 1. The van der Waals surface area contributed by atoms with Crippen LogP contribution in [0.2, 0.25) is 0 Å². The standard InChI is InChI=1S/C14H19F3N2O/c1-10-8-12(20-9-14(15,16)17)2-3-13(10)19-6-4-11(18)5-7-19/h2-3,8,11H,4-7,9,18H2,1H3. The third kappa shape index (κ3) is 4.03. The maximum Gasteiger partial charge on any atom is 0.422 e. The van der Waals surface area contributed by atoms with Crippen molar-refractivity contribution in [1.29, 1.82) is 0 Å². The highest BCUT2D eigenvalue weighted by atomic mass is 19.4. The van der Waals surface area contributed by atoms with Crippen LogP contribution in [0.1, 0.15) is 18.4 Å². The second-order valence-electron chi connectivity index (χ2n) is 5.18.